The van der Waals surface area contributed by atoms with E-state index in [9.17, 15) is 0 Å². The maximum absolute atomic E-state index is 2.64. The van der Waals surface area contributed by atoms with Gasteiger partial charge in [-0.1, -0.05) is 39.3 Å². The van der Waals surface area contributed by atoms with Gasteiger partial charge in [0, 0.05) is 0 Å². The highest BCUT2D eigenvalue weighted by Gasteiger charge is 2.67. The van der Waals surface area contributed by atoms with Crippen LogP contribution in [0.3, 0.4) is 0 Å². The van der Waals surface area contributed by atoms with Crippen molar-refractivity contribution in [2.45, 2.75) is 73.1 Å². The maximum Gasteiger partial charge on any atom is -0.00310 e. The van der Waals surface area contributed by atoms with Gasteiger partial charge in [-0.3, -0.25) is 0 Å². The molecule has 0 amide bonds. The van der Waals surface area contributed by atoms with Crippen molar-refractivity contribution in [3.8, 4) is 0 Å². The molecule has 0 aromatic heterocycles. The molecule has 0 unspecified atom stereocenters. The normalized spacial score (nSPS) is 56.1. The van der Waals surface area contributed by atoms with Crippen LogP contribution in [0, 0.1) is 39.9 Å². The van der Waals surface area contributed by atoms with Gasteiger partial charge in [0.05, 0.1) is 0 Å². The Hall–Kier alpha value is -0.260. The Balaban J connectivity index is 1.76. The van der Waals surface area contributed by atoms with Crippen LogP contribution in [0.15, 0.2) is 11.6 Å². The van der Waals surface area contributed by atoms with E-state index in [-0.39, 0.29) is 0 Å². The second kappa shape index (κ2) is 3.73. The fourth-order valence-electron chi connectivity index (χ4n) is 7.84. The molecular formula is C20H32. The van der Waals surface area contributed by atoms with E-state index in [1.807, 2.05) is 0 Å². The summed E-state index contributed by atoms with van der Waals surface area (Å²) in [5, 5.41) is 0. The first-order chi connectivity index (χ1) is 9.31. The van der Waals surface area contributed by atoms with E-state index < -0.39 is 0 Å². The Morgan fingerprint density at radius 1 is 1.10 bits per heavy atom. The van der Waals surface area contributed by atoms with E-state index in [2.05, 4.69) is 40.7 Å². The van der Waals surface area contributed by atoms with Crippen LogP contribution in [0.1, 0.15) is 73.1 Å². The number of fused-ring (bicyclic) bond motifs is 4. The predicted molar refractivity (Wildman–Crippen MR) is 85.4 cm³/mol. The quantitative estimate of drug-likeness (QED) is 0.487. The Labute approximate surface area is 125 Å². The second-order valence-electron chi connectivity index (χ2n) is 9.70. The Bertz CT molecular complexity index is 470. The van der Waals surface area contributed by atoms with Crippen molar-refractivity contribution in [1.29, 1.82) is 0 Å². The van der Waals surface area contributed by atoms with Crippen molar-refractivity contribution in [3.63, 3.8) is 0 Å². The highest BCUT2D eigenvalue weighted by Crippen LogP contribution is 2.75. The molecule has 4 aliphatic rings. The summed E-state index contributed by atoms with van der Waals surface area (Å²) >= 11 is 0. The van der Waals surface area contributed by atoms with Crippen molar-refractivity contribution < 1.29 is 0 Å². The fraction of sp³-hybridized carbons (Fsp3) is 0.900. The zero-order chi connectivity index (χ0) is 14.3. The lowest BCUT2D eigenvalue weighted by Gasteiger charge is -2.39. The molecule has 0 aromatic rings. The van der Waals surface area contributed by atoms with Crippen molar-refractivity contribution in [3.05, 3.63) is 11.6 Å². The van der Waals surface area contributed by atoms with Crippen LogP contribution >= 0.6 is 0 Å². The number of hydrogen-bond acceptors (Lipinski definition) is 0. The average Bonchev–Trinajstić information content (AvgIpc) is 3.00. The van der Waals surface area contributed by atoms with Crippen LogP contribution in [-0.4, -0.2) is 0 Å². The van der Waals surface area contributed by atoms with E-state index in [0.29, 0.717) is 16.2 Å². The van der Waals surface area contributed by atoms with Crippen LogP contribution in [-0.2, 0) is 0 Å². The van der Waals surface area contributed by atoms with Crippen molar-refractivity contribution in [1.82, 2.24) is 0 Å². The molecule has 1 spiro atoms. The number of hydrogen-bond donors (Lipinski definition) is 0. The zero-order valence-corrected chi connectivity index (χ0v) is 14.1. The van der Waals surface area contributed by atoms with Gasteiger partial charge in [0.2, 0.25) is 0 Å². The van der Waals surface area contributed by atoms with Crippen LogP contribution in [0.25, 0.3) is 0 Å². The van der Waals surface area contributed by atoms with Crippen LogP contribution in [0.5, 0.6) is 0 Å². The lowest BCUT2D eigenvalue weighted by atomic mass is 9.65. The topological polar surface area (TPSA) is 0 Å². The van der Waals surface area contributed by atoms with E-state index >= 15 is 0 Å². The van der Waals surface area contributed by atoms with E-state index in [1.165, 1.54) is 38.5 Å². The minimum absolute atomic E-state index is 0.596. The Morgan fingerprint density at radius 3 is 2.50 bits per heavy atom. The molecular weight excluding hydrogens is 240 g/mol. The first-order valence-electron chi connectivity index (χ1n) is 8.98. The molecule has 0 aliphatic heterocycles. The molecule has 0 heterocycles. The molecule has 3 saturated carbocycles. The van der Waals surface area contributed by atoms with Crippen LogP contribution in [0.2, 0.25) is 0 Å². The lowest BCUT2D eigenvalue weighted by molar-refractivity contribution is 0.125. The minimum Gasteiger partial charge on any atom is -0.0847 e. The molecule has 20 heavy (non-hydrogen) atoms. The molecule has 0 nitrogen and oxygen atoms in total. The predicted octanol–water partition coefficient (Wildman–Crippen LogP) is 5.83. The maximum atomic E-state index is 2.64. The lowest BCUT2D eigenvalue weighted by Crippen LogP contribution is -2.33. The van der Waals surface area contributed by atoms with Crippen LogP contribution in [0.4, 0.5) is 0 Å². The van der Waals surface area contributed by atoms with Crippen molar-refractivity contribution >= 4 is 0 Å². The molecule has 4 aliphatic carbocycles. The van der Waals surface area contributed by atoms with Gasteiger partial charge in [-0.2, -0.15) is 0 Å². The third-order valence-corrected chi connectivity index (χ3v) is 8.51. The van der Waals surface area contributed by atoms with Gasteiger partial charge in [-0.15, -0.1) is 0 Å². The summed E-state index contributed by atoms with van der Waals surface area (Å²) < 4.78 is 0. The third kappa shape index (κ3) is 1.35. The van der Waals surface area contributed by atoms with Crippen molar-refractivity contribution in [2.75, 3.05) is 0 Å². The number of rotatable bonds is 0. The molecule has 112 valence electrons. The smallest absolute Gasteiger partial charge is 0.00310 e. The summed E-state index contributed by atoms with van der Waals surface area (Å²) in [6.45, 7) is 12.8. The summed E-state index contributed by atoms with van der Waals surface area (Å²) in [7, 11) is 0. The van der Waals surface area contributed by atoms with Gasteiger partial charge in [0.1, 0.15) is 0 Å². The van der Waals surface area contributed by atoms with Gasteiger partial charge in [0.25, 0.3) is 0 Å². The van der Waals surface area contributed by atoms with E-state index in [0.717, 1.165) is 23.7 Å². The van der Waals surface area contributed by atoms with Gasteiger partial charge in [-0.05, 0) is 85.4 Å². The minimum atomic E-state index is 0.596. The highest BCUT2D eigenvalue weighted by atomic mass is 14.7. The largest absolute Gasteiger partial charge is 0.0847 e. The molecule has 0 saturated heterocycles. The Kier molecular flexibility index (Phi) is 2.50. The van der Waals surface area contributed by atoms with Crippen LogP contribution < -0.4 is 0 Å². The Morgan fingerprint density at radius 2 is 1.85 bits per heavy atom. The first kappa shape index (κ1) is 13.4. The van der Waals surface area contributed by atoms with Gasteiger partial charge in [-0.25, -0.2) is 0 Å². The summed E-state index contributed by atoms with van der Waals surface area (Å²) in [6.07, 6.45) is 11.4. The molecule has 0 heteroatoms. The third-order valence-electron chi connectivity index (χ3n) is 8.51. The molecule has 3 fully saturated rings. The second-order valence-corrected chi connectivity index (χ2v) is 9.70. The standard InChI is InChI=1S/C20H32/c1-13-6-7-14(2)20(13)9-8-15-16(20)12-19(5)11-10-18(3,4)17(15)19/h6,14-17H,7-12H2,1-5H3/t14-,15-,16-,17-,19-,20-/m1/s1. The van der Waals surface area contributed by atoms with Gasteiger partial charge in [0.15, 0.2) is 0 Å². The fourth-order valence-corrected chi connectivity index (χ4v) is 7.84. The SMILES string of the molecule is CC1=CC[C@@H](C)[C@@]12CC[C@H]1[C@@H]3C(C)(C)CC[C@]3(C)C[C@H]12. The average molecular weight is 272 g/mol. The summed E-state index contributed by atoms with van der Waals surface area (Å²) in [6, 6.07) is 0. The first-order valence-corrected chi connectivity index (χ1v) is 8.98. The molecule has 0 N–H and O–H groups in total. The molecule has 0 radical (unpaired) electrons. The van der Waals surface area contributed by atoms with Gasteiger partial charge < -0.3 is 0 Å². The molecule has 6 atom stereocenters. The van der Waals surface area contributed by atoms with E-state index in [4.69, 9.17) is 0 Å². The highest BCUT2D eigenvalue weighted by molar-refractivity contribution is 5.28. The summed E-state index contributed by atoms with van der Waals surface area (Å²) in [5.74, 6) is 3.94. The van der Waals surface area contributed by atoms with Crippen molar-refractivity contribution in [2.24, 2.45) is 39.9 Å². The van der Waals surface area contributed by atoms with E-state index in [1.54, 1.807) is 5.57 Å². The molecule has 0 bridgehead atoms. The van der Waals surface area contributed by atoms with Gasteiger partial charge >= 0.3 is 0 Å². The molecule has 0 aromatic carbocycles. The summed E-state index contributed by atoms with van der Waals surface area (Å²) in [4.78, 5) is 0. The zero-order valence-electron chi connectivity index (χ0n) is 14.1. The molecule has 4 rings (SSSR count). The summed E-state index contributed by atoms with van der Waals surface area (Å²) in [5.41, 5.74) is 3.63. The monoisotopic (exact) mass is 272 g/mol. The number of allylic oxidation sites excluding steroid dienone is 2.